The molecule has 0 atom stereocenters. The average molecular weight is 345 g/mol. The summed E-state index contributed by atoms with van der Waals surface area (Å²) >= 11 is 3.23. The Morgan fingerprint density at radius 3 is 2.47 bits per heavy atom. The van der Waals surface area contributed by atoms with Crippen LogP contribution in [0.2, 0.25) is 0 Å². The number of nitrogens with two attached hydrogens (primary N) is 1. The Hall–Kier alpha value is -1.60. The van der Waals surface area contributed by atoms with Crippen molar-refractivity contribution in [2.24, 2.45) is 0 Å². The van der Waals surface area contributed by atoms with Crippen LogP contribution in [0.15, 0.2) is 51.8 Å². The number of hydrogen-bond donors (Lipinski definition) is 2. The van der Waals surface area contributed by atoms with Gasteiger partial charge >= 0.3 is 0 Å². The van der Waals surface area contributed by atoms with Crippen LogP contribution in [-0.4, -0.2) is 8.42 Å². The molecular weight excluding hydrogens is 335 g/mol. The molecule has 0 radical (unpaired) electrons. The van der Waals surface area contributed by atoms with Crippen LogP contribution in [0.3, 0.4) is 0 Å². The quantitative estimate of drug-likeness (QED) is 0.840. The van der Waals surface area contributed by atoms with Crippen molar-refractivity contribution in [2.75, 3.05) is 10.5 Å². The number of benzene rings is 2. The van der Waals surface area contributed by atoms with E-state index in [9.17, 15) is 12.8 Å². The molecule has 2 aromatic rings. The van der Waals surface area contributed by atoms with Crippen molar-refractivity contribution in [1.29, 1.82) is 0 Å². The van der Waals surface area contributed by atoms with E-state index in [1.54, 1.807) is 24.3 Å². The van der Waals surface area contributed by atoms with Crippen molar-refractivity contribution in [3.05, 3.63) is 52.8 Å². The lowest BCUT2D eigenvalue weighted by Crippen LogP contribution is -2.13. The first-order valence-corrected chi connectivity index (χ1v) is 7.50. The molecule has 0 fully saturated rings. The molecule has 0 aromatic heterocycles. The van der Waals surface area contributed by atoms with E-state index in [4.69, 9.17) is 5.73 Å². The van der Waals surface area contributed by atoms with Crippen LogP contribution < -0.4 is 10.5 Å². The molecule has 0 bridgehead atoms. The molecular formula is C12H10BrFN2O2S. The zero-order valence-electron chi connectivity index (χ0n) is 9.60. The fourth-order valence-electron chi connectivity index (χ4n) is 1.42. The highest BCUT2D eigenvalue weighted by atomic mass is 79.9. The monoisotopic (exact) mass is 344 g/mol. The maximum Gasteiger partial charge on any atom is 0.262 e. The van der Waals surface area contributed by atoms with Gasteiger partial charge in [-0.2, -0.15) is 0 Å². The molecule has 0 aliphatic rings. The maximum atomic E-state index is 13.3. The van der Waals surface area contributed by atoms with E-state index in [0.717, 1.165) is 6.07 Å². The Kier molecular flexibility index (Phi) is 3.77. The normalized spacial score (nSPS) is 11.3. The first-order valence-electron chi connectivity index (χ1n) is 5.22. The van der Waals surface area contributed by atoms with Gasteiger partial charge in [-0.15, -0.1) is 0 Å². The number of hydrogen-bond acceptors (Lipinski definition) is 3. The van der Waals surface area contributed by atoms with Crippen molar-refractivity contribution < 1.29 is 12.8 Å². The third-order valence-electron chi connectivity index (χ3n) is 2.40. The van der Waals surface area contributed by atoms with Crippen molar-refractivity contribution in [1.82, 2.24) is 0 Å². The zero-order chi connectivity index (χ0) is 14.0. The molecule has 19 heavy (non-hydrogen) atoms. The summed E-state index contributed by atoms with van der Waals surface area (Å²) in [6, 6.07) is 10.1. The third-order valence-corrected chi connectivity index (χ3v) is 4.46. The Bertz CT molecular complexity index is 719. The van der Waals surface area contributed by atoms with Crippen molar-refractivity contribution in [3.63, 3.8) is 0 Å². The highest BCUT2D eigenvalue weighted by Gasteiger charge is 2.16. The van der Waals surface area contributed by atoms with Gasteiger partial charge < -0.3 is 5.73 Å². The van der Waals surface area contributed by atoms with Gasteiger partial charge in [0, 0.05) is 4.47 Å². The fourth-order valence-corrected chi connectivity index (χ4v) is 3.03. The molecule has 0 unspecified atom stereocenters. The number of sulfonamides is 1. The molecule has 0 saturated heterocycles. The Morgan fingerprint density at radius 2 is 1.84 bits per heavy atom. The highest BCUT2D eigenvalue weighted by Crippen LogP contribution is 2.25. The summed E-state index contributed by atoms with van der Waals surface area (Å²) in [5, 5.41) is 0. The lowest BCUT2D eigenvalue weighted by Gasteiger charge is -2.10. The van der Waals surface area contributed by atoms with Crippen molar-refractivity contribution in [3.8, 4) is 0 Å². The van der Waals surface area contributed by atoms with E-state index in [0.29, 0.717) is 10.2 Å². The smallest absolute Gasteiger partial charge is 0.262 e. The van der Waals surface area contributed by atoms with Crippen LogP contribution in [-0.2, 0) is 10.0 Å². The largest absolute Gasteiger partial charge is 0.396 e. The standard InChI is InChI=1S/C12H10BrFN2O2S/c13-9-3-1-2-4-12(9)16-19(17,18)8-5-6-11(15)10(14)7-8/h1-7,16H,15H2. The van der Waals surface area contributed by atoms with Gasteiger partial charge in [0.15, 0.2) is 0 Å². The van der Waals surface area contributed by atoms with E-state index >= 15 is 0 Å². The zero-order valence-corrected chi connectivity index (χ0v) is 12.0. The first-order chi connectivity index (χ1) is 8.90. The molecule has 2 aromatic carbocycles. The number of para-hydroxylation sites is 1. The summed E-state index contributed by atoms with van der Waals surface area (Å²) in [7, 11) is -3.85. The number of halogens is 2. The molecule has 4 nitrogen and oxygen atoms in total. The van der Waals surface area contributed by atoms with Gasteiger partial charge in [0.1, 0.15) is 5.82 Å². The lowest BCUT2D eigenvalue weighted by atomic mass is 10.3. The minimum atomic E-state index is -3.85. The van der Waals surface area contributed by atoms with E-state index < -0.39 is 15.8 Å². The van der Waals surface area contributed by atoms with Crippen LogP contribution in [0.25, 0.3) is 0 Å². The number of rotatable bonds is 3. The van der Waals surface area contributed by atoms with E-state index in [1.807, 2.05) is 0 Å². The van der Waals surface area contributed by atoms with Gasteiger partial charge in [-0.3, -0.25) is 4.72 Å². The van der Waals surface area contributed by atoms with Crippen molar-refractivity contribution >= 4 is 37.3 Å². The molecule has 0 aliphatic carbocycles. The molecule has 100 valence electrons. The van der Waals surface area contributed by atoms with Crippen LogP contribution in [0.5, 0.6) is 0 Å². The molecule has 2 rings (SSSR count). The van der Waals surface area contributed by atoms with E-state index in [-0.39, 0.29) is 10.6 Å². The second-order valence-corrected chi connectivity index (χ2v) is 6.31. The van der Waals surface area contributed by atoms with Gasteiger partial charge in [-0.05, 0) is 46.3 Å². The molecule has 7 heteroatoms. The maximum absolute atomic E-state index is 13.3. The Morgan fingerprint density at radius 1 is 1.16 bits per heavy atom. The first kappa shape index (κ1) is 13.8. The lowest BCUT2D eigenvalue weighted by molar-refractivity contribution is 0.596. The fraction of sp³-hybridized carbons (Fsp3) is 0. The molecule has 0 aliphatic heterocycles. The van der Waals surface area contributed by atoms with Gasteiger partial charge in [0.05, 0.1) is 16.3 Å². The summed E-state index contributed by atoms with van der Waals surface area (Å²) in [5.41, 5.74) is 5.59. The topological polar surface area (TPSA) is 72.2 Å². The van der Waals surface area contributed by atoms with Crippen LogP contribution >= 0.6 is 15.9 Å². The van der Waals surface area contributed by atoms with Gasteiger partial charge in [-0.1, -0.05) is 12.1 Å². The Balaban J connectivity index is 2.38. The van der Waals surface area contributed by atoms with Crippen molar-refractivity contribution in [2.45, 2.75) is 4.90 Å². The second-order valence-electron chi connectivity index (χ2n) is 3.77. The number of nitrogen functional groups attached to an aromatic ring is 1. The SMILES string of the molecule is Nc1ccc(S(=O)(=O)Nc2ccccc2Br)cc1F. The molecule has 0 saturated carbocycles. The van der Waals surface area contributed by atoms with Crippen LogP contribution in [0.1, 0.15) is 0 Å². The Labute approximate surface area is 118 Å². The molecule has 0 spiro atoms. The minimum absolute atomic E-state index is 0.0974. The molecule has 0 heterocycles. The predicted octanol–water partition coefficient (Wildman–Crippen LogP) is 2.97. The summed E-state index contributed by atoms with van der Waals surface area (Å²) < 4.78 is 40.4. The van der Waals surface area contributed by atoms with Crippen LogP contribution in [0.4, 0.5) is 15.8 Å². The summed E-state index contributed by atoms with van der Waals surface area (Å²) in [4.78, 5) is -0.185. The van der Waals surface area contributed by atoms with Gasteiger partial charge in [-0.25, -0.2) is 12.8 Å². The number of nitrogens with one attached hydrogen (secondary N) is 1. The summed E-state index contributed by atoms with van der Waals surface area (Å²) in [6.07, 6.45) is 0. The van der Waals surface area contributed by atoms with Crippen LogP contribution in [0, 0.1) is 5.82 Å². The number of anilines is 2. The van der Waals surface area contributed by atoms with E-state index in [1.165, 1.54) is 12.1 Å². The van der Waals surface area contributed by atoms with Gasteiger partial charge in [0.2, 0.25) is 0 Å². The highest BCUT2D eigenvalue weighted by molar-refractivity contribution is 9.10. The van der Waals surface area contributed by atoms with Gasteiger partial charge in [0.25, 0.3) is 10.0 Å². The van der Waals surface area contributed by atoms with E-state index in [2.05, 4.69) is 20.7 Å². The minimum Gasteiger partial charge on any atom is -0.396 e. The third kappa shape index (κ3) is 3.05. The molecule has 0 amide bonds. The second kappa shape index (κ2) is 5.18. The average Bonchev–Trinajstić information content (AvgIpc) is 2.35. The summed E-state index contributed by atoms with van der Waals surface area (Å²) in [5.74, 6) is -0.769. The predicted molar refractivity (Wildman–Crippen MR) is 75.8 cm³/mol. The summed E-state index contributed by atoms with van der Waals surface area (Å²) in [6.45, 7) is 0. The molecule has 3 N–H and O–H groups in total.